The number of ether oxygens (including phenoxy) is 3. The number of rotatable bonds is 7. The van der Waals surface area contributed by atoms with Crippen molar-refractivity contribution >= 4 is 10.9 Å². The van der Waals surface area contributed by atoms with Gasteiger partial charge in [-0.2, -0.15) is 0 Å². The summed E-state index contributed by atoms with van der Waals surface area (Å²) >= 11 is 0. The number of unbranched alkanes of at least 4 members (excludes halogenated alkanes) is 1. The largest absolute Gasteiger partial charge is 0.493 e. The zero-order valence-corrected chi connectivity index (χ0v) is 12.3. The zero-order valence-electron chi connectivity index (χ0n) is 12.3. The molecule has 5 heteroatoms. The molecule has 0 unspecified atom stereocenters. The molecule has 0 atom stereocenters. The van der Waals surface area contributed by atoms with Crippen molar-refractivity contribution in [1.82, 2.24) is 4.57 Å². The minimum absolute atomic E-state index is 0.627. The number of nitrogens with zero attached hydrogens (tertiary/aromatic N) is 1. The summed E-state index contributed by atoms with van der Waals surface area (Å²) in [5.74, 6) is 2.01. The van der Waals surface area contributed by atoms with E-state index in [1.165, 1.54) is 0 Å². The number of aromatic nitrogens is 1. The fourth-order valence-corrected chi connectivity index (χ4v) is 2.43. The molecule has 5 nitrogen and oxygen atoms in total. The van der Waals surface area contributed by atoms with Gasteiger partial charge in [0.05, 0.1) is 26.8 Å². The van der Waals surface area contributed by atoms with Crippen LogP contribution < -0.4 is 19.9 Å². The minimum atomic E-state index is 0.627. The quantitative estimate of drug-likeness (QED) is 0.790. The number of hydrogen-bond donors (Lipinski definition) is 1. The van der Waals surface area contributed by atoms with Gasteiger partial charge in [0.1, 0.15) is 0 Å². The first-order valence-electron chi connectivity index (χ1n) is 6.74. The lowest BCUT2D eigenvalue weighted by Gasteiger charge is -2.14. The van der Waals surface area contributed by atoms with Crippen molar-refractivity contribution in [2.75, 3.05) is 27.9 Å². The molecule has 0 aliphatic heterocycles. The van der Waals surface area contributed by atoms with E-state index in [1.807, 2.05) is 12.1 Å². The van der Waals surface area contributed by atoms with Crippen LogP contribution in [0.15, 0.2) is 18.3 Å². The van der Waals surface area contributed by atoms with E-state index in [0.717, 1.165) is 36.8 Å². The molecule has 0 amide bonds. The number of fused-ring (bicyclic) bond motifs is 1. The molecule has 0 saturated carbocycles. The highest BCUT2D eigenvalue weighted by atomic mass is 16.5. The SMILES string of the molecule is COc1cc2c(ccn2CCCCN)c(OC)c1OC. The summed E-state index contributed by atoms with van der Waals surface area (Å²) < 4.78 is 18.5. The molecule has 1 heterocycles. The highest BCUT2D eigenvalue weighted by Gasteiger charge is 2.17. The molecule has 2 aromatic rings. The van der Waals surface area contributed by atoms with Crippen LogP contribution in [0.4, 0.5) is 0 Å². The van der Waals surface area contributed by atoms with E-state index in [2.05, 4.69) is 10.8 Å². The van der Waals surface area contributed by atoms with Gasteiger partial charge in [0.2, 0.25) is 5.75 Å². The van der Waals surface area contributed by atoms with Gasteiger partial charge in [0.15, 0.2) is 11.5 Å². The Labute approximate surface area is 119 Å². The molecule has 0 aliphatic rings. The average molecular weight is 278 g/mol. The molecular weight excluding hydrogens is 256 g/mol. The van der Waals surface area contributed by atoms with Crippen LogP contribution in [0.3, 0.4) is 0 Å². The van der Waals surface area contributed by atoms with Gasteiger partial charge >= 0.3 is 0 Å². The lowest BCUT2D eigenvalue weighted by Crippen LogP contribution is -2.03. The van der Waals surface area contributed by atoms with Gasteiger partial charge < -0.3 is 24.5 Å². The molecule has 110 valence electrons. The van der Waals surface area contributed by atoms with Crippen molar-refractivity contribution in [3.8, 4) is 17.2 Å². The molecule has 1 aromatic carbocycles. The predicted molar refractivity (Wildman–Crippen MR) is 79.9 cm³/mol. The lowest BCUT2D eigenvalue weighted by atomic mass is 10.2. The fraction of sp³-hybridized carbons (Fsp3) is 0.467. The van der Waals surface area contributed by atoms with Crippen LogP contribution in [0.5, 0.6) is 17.2 Å². The standard InChI is InChI=1S/C15H22N2O3/c1-18-13-10-12-11(14(19-2)15(13)20-3)6-9-17(12)8-5-4-7-16/h6,9-10H,4-5,7-8,16H2,1-3H3. The third-order valence-corrected chi connectivity index (χ3v) is 3.43. The van der Waals surface area contributed by atoms with Gasteiger partial charge in [-0.1, -0.05) is 0 Å². The molecule has 0 bridgehead atoms. The zero-order chi connectivity index (χ0) is 14.5. The lowest BCUT2D eigenvalue weighted by molar-refractivity contribution is 0.327. The first kappa shape index (κ1) is 14.5. The first-order chi connectivity index (χ1) is 9.76. The van der Waals surface area contributed by atoms with Gasteiger partial charge in [-0.25, -0.2) is 0 Å². The van der Waals surface area contributed by atoms with Gasteiger partial charge in [-0.15, -0.1) is 0 Å². The second-order valence-corrected chi connectivity index (χ2v) is 4.58. The second-order valence-electron chi connectivity index (χ2n) is 4.58. The summed E-state index contributed by atoms with van der Waals surface area (Å²) in [4.78, 5) is 0. The van der Waals surface area contributed by atoms with E-state index >= 15 is 0 Å². The van der Waals surface area contributed by atoms with Crippen molar-refractivity contribution in [3.63, 3.8) is 0 Å². The summed E-state index contributed by atoms with van der Waals surface area (Å²) in [5.41, 5.74) is 6.62. The number of methoxy groups -OCH3 is 3. The van der Waals surface area contributed by atoms with Gasteiger partial charge in [-0.3, -0.25) is 0 Å². The van der Waals surface area contributed by atoms with Crippen LogP contribution in [0.2, 0.25) is 0 Å². The Morgan fingerprint density at radius 1 is 1.05 bits per heavy atom. The van der Waals surface area contributed by atoms with Crippen LogP contribution in [0, 0.1) is 0 Å². The van der Waals surface area contributed by atoms with E-state index < -0.39 is 0 Å². The third kappa shape index (κ3) is 2.54. The molecule has 0 aliphatic carbocycles. The van der Waals surface area contributed by atoms with E-state index in [9.17, 15) is 0 Å². The maximum Gasteiger partial charge on any atom is 0.204 e. The second kappa shape index (κ2) is 6.52. The first-order valence-corrected chi connectivity index (χ1v) is 6.74. The molecule has 0 fully saturated rings. The van der Waals surface area contributed by atoms with E-state index in [0.29, 0.717) is 17.2 Å². The summed E-state index contributed by atoms with van der Waals surface area (Å²) in [6.07, 6.45) is 4.13. The van der Waals surface area contributed by atoms with Gasteiger partial charge in [-0.05, 0) is 25.5 Å². The normalized spacial score (nSPS) is 10.8. The average Bonchev–Trinajstić information content (AvgIpc) is 2.88. The molecule has 0 radical (unpaired) electrons. The van der Waals surface area contributed by atoms with E-state index in [4.69, 9.17) is 19.9 Å². The maximum atomic E-state index is 5.54. The number of nitrogens with two attached hydrogens (primary N) is 1. The Morgan fingerprint density at radius 3 is 2.40 bits per heavy atom. The Balaban J connectivity index is 2.49. The number of benzene rings is 1. The number of hydrogen-bond acceptors (Lipinski definition) is 4. The smallest absolute Gasteiger partial charge is 0.204 e. The summed E-state index contributed by atoms with van der Waals surface area (Å²) in [6, 6.07) is 4.03. The molecular formula is C15H22N2O3. The molecule has 0 saturated heterocycles. The molecule has 0 spiro atoms. The van der Waals surface area contributed by atoms with Crippen LogP contribution in [-0.4, -0.2) is 32.4 Å². The van der Waals surface area contributed by atoms with Crippen molar-refractivity contribution in [2.45, 2.75) is 19.4 Å². The van der Waals surface area contributed by atoms with Gasteiger partial charge in [0, 0.05) is 24.2 Å². The van der Waals surface area contributed by atoms with Crippen LogP contribution in [-0.2, 0) is 6.54 Å². The predicted octanol–water partition coefficient (Wildman–Crippen LogP) is 2.41. The van der Waals surface area contributed by atoms with Crippen LogP contribution >= 0.6 is 0 Å². The highest BCUT2D eigenvalue weighted by Crippen LogP contribution is 2.43. The van der Waals surface area contributed by atoms with Gasteiger partial charge in [0.25, 0.3) is 0 Å². The summed E-state index contributed by atoms with van der Waals surface area (Å²) in [6.45, 7) is 1.65. The summed E-state index contributed by atoms with van der Waals surface area (Å²) in [7, 11) is 4.89. The van der Waals surface area contributed by atoms with E-state index in [1.54, 1.807) is 21.3 Å². The van der Waals surface area contributed by atoms with E-state index in [-0.39, 0.29) is 0 Å². The number of aryl methyl sites for hydroxylation is 1. The fourth-order valence-electron chi connectivity index (χ4n) is 2.43. The molecule has 2 rings (SSSR count). The minimum Gasteiger partial charge on any atom is -0.493 e. The monoisotopic (exact) mass is 278 g/mol. The topological polar surface area (TPSA) is 58.6 Å². The summed E-state index contributed by atoms with van der Waals surface area (Å²) in [5, 5.41) is 1.03. The third-order valence-electron chi connectivity index (χ3n) is 3.43. The Kier molecular flexibility index (Phi) is 4.74. The van der Waals surface area contributed by atoms with Crippen LogP contribution in [0.25, 0.3) is 10.9 Å². The maximum absolute atomic E-state index is 5.54. The van der Waals surface area contributed by atoms with Crippen molar-refractivity contribution in [2.24, 2.45) is 5.73 Å². The molecule has 2 N–H and O–H groups in total. The van der Waals surface area contributed by atoms with Crippen molar-refractivity contribution in [1.29, 1.82) is 0 Å². The van der Waals surface area contributed by atoms with Crippen molar-refractivity contribution < 1.29 is 14.2 Å². The van der Waals surface area contributed by atoms with Crippen LogP contribution in [0.1, 0.15) is 12.8 Å². The Morgan fingerprint density at radius 2 is 1.80 bits per heavy atom. The molecule has 20 heavy (non-hydrogen) atoms. The molecule has 1 aromatic heterocycles. The van der Waals surface area contributed by atoms with Crippen molar-refractivity contribution in [3.05, 3.63) is 18.3 Å². The Bertz CT molecular complexity index is 578. The Hall–Kier alpha value is -1.88. The highest BCUT2D eigenvalue weighted by molar-refractivity contribution is 5.91.